The highest BCUT2D eigenvalue weighted by Crippen LogP contribution is 2.50. The van der Waals surface area contributed by atoms with E-state index in [0.29, 0.717) is 0 Å². The minimum absolute atomic E-state index is 0.0507. The topological polar surface area (TPSA) is 3.24 Å². The van der Waals surface area contributed by atoms with Gasteiger partial charge in [-0.25, -0.2) is 0 Å². The van der Waals surface area contributed by atoms with Crippen molar-refractivity contribution in [3.05, 3.63) is 172 Å². The Morgan fingerprint density at radius 3 is 0.765 bits per heavy atom. The molecule has 0 amide bonds. The zero-order valence-electron chi connectivity index (χ0n) is 17.7. The van der Waals surface area contributed by atoms with Gasteiger partial charge in [0.05, 0.1) is 27.1 Å². The van der Waals surface area contributed by atoms with Crippen LogP contribution in [-0.4, -0.2) is 0 Å². The third kappa shape index (κ3) is 3.76. The molecule has 1 nitrogen and oxygen atoms in total. The van der Waals surface area contributed by atoms with E-state index in [1.54, 1.807) is 0 Å². The van der Waals surface area contributed by atoms with E-state index in [2.05, 4.69) is 0 Å². The van der Waals surface area contributed by atoms with Crippen molar-refractivity contribution in [2.24, 2.45) is 0 Å². The van der Waals surface area contributed by atoms with Gasteiger partial charge in [-0.2, -0.15) is 0 Å². The third-order valence-electron chi connectivity index (χ3n) is 5.47. The van der Waals surface area contributed by atoms with Crippen molar-refractivity contribution < 1.29 is 0 Å². The Balaban J connectivity index is 2.68. The molecule has 0 spiro atoms. The van der Waals surface area contributed by atoms with Crippen LogP contribution in [-0.2, 0) is 0 Å². The van der Waals surface area contributed by atoms with Crippen molar-refractivity contribution in [1.82, 2.24) is 0 Å². The molecule has 0 heterocycles. The first-order valence-electron chi connectivity index (χ1n) is 9.30. The number of nitrogens with zero attached hydrogens (tertiary/aromatic N) is 1. The van der Waals surface area contributed by atoms with Gasteiger partial charge in [-0.05, 0) is 114 Å². The standard InChI is InChI=1S/C31H13Cl2N/c1-14-16(3)20(7)29(21(8)17(14)4)34(30-22(9)18(5)15(2)19(6)23(30)10)31-25(12)27(32)24(11)28(33)26(31)13/h1-13H. The van der Waals surface area contributed by atoms with Crippen LogP contribution in [0.2, 0.25) is 10.0 Å². The molecule has 0 aromatic heterocycles. The first kappa shape index (κ1) is 26.6. The predicted molar refractivity (Wildman–Crippen MR) is 135 cm³/mol. The number of anilines is 3. The van der Waals surface area contributed by atoms with Crippen LogP contribution in [0.25, 0.3) is 0 Å². The molecule has 3 rings (SSSR count). The van der Waals surface area contributed by atoms with Crippen molar-refractivity contribution in [1.29, 1.82) is 0 Å². The highest BCUT2D eigenvalue weighted by atomic mass is 35.5. The van der Waals surface area contributed by atoms with Crippen LogP contribution in [0.15, 0.2) is 0 Å². The highest BCUT2D eigenvalue weighted by molar-refractivity contribution is 6.38. The van der Waals surface area contributed by atoms with Gasteiger partial charge in [0.15, 0.2) is 0 Å². The van der Waals surface area contributed by atoms with Crippen molar-refractivity contribution in [3.63, 3.8) is 0 Å². The van der Waals surface area contributed by atoms with Crippen LogP contribution in [0.1, 0.15) is 72.3 Å². The van der Waals surface area contributed by atoms with Gasteiger partial charge in [-0.15, -0.1) is 0 Å². The van der Waals surface area contributed by atoms with E-state index in [9.17, 15) is 0 Å². The fraction of sp³-hybridized carbons (Fsp3) is 0. The van der Waals surface area contributed by atoms with Gasteiger partial charge in [0.25, 0.3) is 0 Å². The average Bonchev–Trinajstić information content (AvgIpc) is 2.81. The number of hydrogen-bond donors (Lipinski definition) is 0. The largest absolute Gasteiger partial charge is 0.309 e. The van der Waals surface area contributed by atoms with Crippen molar-refractivity contribution in [3.8, 4) is 0 Å². The SMILES string of the molecule is [CH]c1c([CH])c([CH])c(N(c2c([CH])c([CH])c([CH])c([CH])c2[CH])c2c([CH])c(Cl)c([CH])c(Cl)c2[CH])c([CH])c1[CH]. The summed E-state index contributed by atoms with van der Waals surface area (Å²) in [5, 5.41) is -0.248. The van der Waals surface area contributed by atoms with E-state index < -0.39 is 0 Å². The maximum absolute atomic E-state index is 6.33. The van der Waals surface area contributed by atoms with Crippen LogP contribution >= 0.6 is 23.2 Å². The Morgan fingerprint density at radius 2 is 0.500 bits per heavy atom. The van der Waals surface area contributed by atoms with Crippen LogP contribution in [0.5, 0.6) is 0 Å². The molecule has 0 N–H and O–H groups in total. The molecule has 3 heteroatoms. The van der Waals surface area contributed by atoms with Gasteiger partial charge in [0.2, 0.25) is 0 Å². The van der Waals surface area contributed by atoms with Crippen molar-refractivity contribution in [2.75, 3.05) is 4.90 Å². The van der Waals surface area contributed by atoms with E-state index in [1.807, 2.05) is 0 Å². The molecule has 0 bridgehead atoms. The summed E-state index contributed by atoms with van der Waals surface area (Å²) in [5.41, 5.74) is -1.49. The van der Waals surface area contributed by atoms with E-state index in [0.717, 1.165) is 0 Å². The van der Waals surface area contributed by atoms with Gasteiger partial charge < -0.3 is 4.90 Å². The molecule has 34 heavy (non-hydrogen) atoms. The Morgan fingerprint density at radius 1 is 0.294 bits per heavy atom. The lowest BCUT2D eigenvalue weighted by Crippen LogP contribution is -2.21. The lowest BCUT2D eigenvalue weighted by molar-refractivity contribution is 1.19. The third-order valence-corrected chi connectivity index (χ3v) is 6.28. The summed E-state index contributed by atoms with van der Waals surface area (Å²) in [6.45, 7) is 80.1. The predicted octanol–water partition coefficient (Wildman–Crippen LogP) is 7.23. The van der Waals surface area contributed by atoms with E-state index >= 15 is 0 Å². The van der Waals surface area contributed by atoms with Gasteiger partial charge in [0.1, 0.15) is 0 Å². The molecule has 3 aromatic carbocycles. The summed E-state index contributed by atoms with van der Waals surface area (Å²) in [6.07, 6.45) is 0. The summed E-state index contributed by atoms with van der Waals surface area (Å²) in [6, 6.07) is 0. The molecule has 0 aliphatic carbocycles. The van der Waals surface area contributed by atoms with E-state index in [4.69, 9.17) is 113 Å². The molecule has 26 radical (unpaired) electrons. The molecule has 156 valence electrons. The van der Waals surface area contributed by atoms with Gasteiger partial charge >= 0.3 is 0 Å². The van der Waals surface area contributed by atoms with Gasteiger partial charge in [0, 0.05) is 48.5 Å². The van der Waals surface area contributed by atoms with Crippen LogP contribution in [0, 0.1) is 90.0 Å². The summed E-state index contributed by atoms with van der Waals surface area (Å²) in [4.78, 5) is 1.23. The van der Waals surface area contributed by atoms with E-state index in [1.165, 1.54) is 4.90 Å². The number of halogens is 2. The molecule has 0 aliphatic rings. The zero-order valence-corrected chi connectivity index (χ0v) is 19.2. The maximum Gasteiger partial charge on any atom is 0.0562 e. The minimum Gasteiger partial charge on any atom is -0.309 e. The van der Waals surface area contributed by atoms with Crippen molar-refractivity contribution in [2.45, 2.75) is 0 Å². The summed E-state index contributed by atoms with van der Waals surface area (Å²) in [7, 11) is 0. The highest BCUT2D eigenvalue weighted by Gasteiger charge is 2.30. The number of hydrogen-bond acceptors (Lipinski definition) is 1. The fourth-order valence-electron chi connectivity index (χ4n) is 3.47. The summed E-state index contributed by atoms with van der Waals surface area (Å²) in [5.74, 6) is 0. The van der Waals surface area contributed by atoms with Crippen LogP contribution in [0.4, 0.5) is 17.1 Å². The quantitative estimate of drug-likeness (QED) is 0.390. The number of benzene rings is 3. The summed E-state index contributed by atoms with van der Waals surface area (Å²) < 4.78 is 0. The van der Waals surface area contributed by atoms with Gasteiger partial charge in [-0.1, -0.05) is 23.2 Å². The molecule has 0 saturated heterocycles. The van der Waals surface area contributed by atoms with Crippen LogP contribution in [0.3, 0.4) is 0 Å². The smallest absolute Gasteiger partial charge is 0.0562 e. The first-order valence-corrected chi connectivity index (χ1v) is 10.1. The Bertz CT molecular complexity index is 1090. The van der Waals surface area contributed by atoms with E-state index in [-0.39, 0.29) is 99.4 Å². The Labute approximate surface area is 217 Å². The molecule has 0 fully saturated rings. The lowest BCUT2D eigenvalue weighted by Gasteiger charge is -2.36. The lowest BCUT2D eigenvalue weighted by atomic mass is 9.88. The molecule has 0 atom stereocenters. The Kier molecular flexibility index (Phi) is 7.25. The molecule has 0 saturated carbocycles. The molecule has 3 aromatic rings. The molecular weight excluding hydrogens is 457 g/mol. The second-order valence-corrected chi connectivity index (χ2v) is 8.14. The number of rotatable bonds is 3. The van der Waals surface area contributed by atoms with Crippen LogP contribution < -0.4 is 4.90 Å². The first-order chi connectivity index (χ1) is 15.7. The zero-order chi connectivity index (χ0) is 26.0. The fourth-order valence-corrected chi connectivity index (χ4v) is 3.88. The second kappa shape index (κ2) is 9.25. The van der Waals surface area contributed by atoms with Crippen molar-refractivity contribution >= 4 is 40.3 Å². The minimum atomic E-state index is -0.137. The average molecular weight is 470 g/mol. The molecule has 0 unspecified atom stereocenters. The second-order valence-electron chi connectivity index (χ2n) is 7.39. The maximum atomic E-state index is 6.33. The molecule has 0 aliphatic heterocycles. The van der Waals surface area contributed by atoms with Gasteiger partial charge in [-0.3, -0.25) is 0 Å². The Hall–Kier alpha value is -1.96. The monoisotopic (exact) mass is 469 g/mol. The summed E-state index contributed by atoms with van der Waals surface area (Å²) >= 11 is 12.7. The normalized spacial score (nSPS) is 11.4. The molecular formula is C31H13Cl2N.